The number of aliphatic imine (C=N–C) groups is 1. The molecule has 0 saturated heterocycles. The third kappa shape index (κ3) is 7.20. The van der Waals surface area contributed by atoms with Crippen molar-refractivity contribution in [3.63, 3.8) is 0 Å². The van der Waals surface area contributed by atoms with Crippen molar-refractivity contribution in [2.75, 3.05) is 5.32 Å². The third-order valence-electron chi connectivity index (χ3n) is 6.44. The number of carbonyl (C=O) groups excluding carboxylic acids is 2. The number of amides is 2. The number of H-pyrrole nitrogens is 1. The molecule has 10 heteroatoms. The van der Waals surface area contributed by atoms with Crippen molar-refractivity contribution >= 4 is 40.2 Å². The molecular weight excluding hydrogens is 548 g/mol. The number of carbonyl (C=O) groups is 2. The first-order valence-corrected chi connectivity index (χ1v) is 13.0. The maximum Gasteiger partial charge on any atom is 0.225 e. The summed E-state index contributed by atoms with van der Waals surface area (Å²) in [7, 11) is 0. The van der Waals surface area contributed by atoms with E-state index >= 15 is 0 Å². The smallest absolute Gasteiger partial charge is 0.225 e. The fourth-order valence-corrected chi connectivity index (χ4v) is 4.73. The van der Waals surface area contributed by atoms with Gasteiger partial charge in [0.2, 0.25) is 11.8 Å². The first-order chi connectivity index (χ1) is 20.1. The van der Waals surface area contributed by atoms with Crippen molar-refractivity contribution in [2.24, 2.45) is 4.99 Å². The summed E-state index contributed by atoms with van der Waals surface area (Å²) in [6.45, 7) is 6.76. The maximum absolute atomic E-state index is 14.4. The molecule has 2 amide bonds. The molecule has 1 heterocycles. The maximum atomic E-state index is 14.4. The van der Waals surface area contributed by atoms with Gasteiger partial charge in [0.15, 0.2) is 0 Å². The molecule has 4 aromatic rings. The number of allylic oxidation sites excluding steroid dienone is 2. The molecule has 42 heavy (non-hydrogen) atoms. The predicted octanol–water partition coefficient (Wildman–Crippen LogP) is 6.64. The molecule has 0 aliphatic carbocycles. The Morgan fingerprint density at radius 1 is 1.00 bits per heavy atom. The highest BCUT2D eigenvalue weighted by molar-refractivity contribution is 5.91. The summed E-state index contributed by atoms with van der Waals surface area (Å²) in [5.41, 5.74) is 2.46. The highest BCUT2D eigenvalue weighted by Gasteiger charge is 2.23. The van der Waals surface area contributed by atoms with Crippen LogP contribution in [0.25, 0.3) is 16.5 Å². The number of rotatable bonds is 10. The van der Waals surface area contributed by atoms with Crippen molar-refractivity contribution in [1.82, 2.24) is 10.3 Å². The summed E-state index contributed by atoms with van der Waals surface area (Å²) in [4.78, 5) is 32.5. The Labute approximate surface area is 239 Å². The van der Waals surface area contributed by atoms with E-state index in [1.807, 2.05) is 0 Å². The molecule has 0 aliphatic heterocycles. The topological polar surface area (TPSA) is 86.3 Å². The molecule has 0 aliphatic rings. The van der Waals surface area contributed by atoms with Crippen molar-refractivity contribution in [3.8, 4) is 0 Å². The van der Waals surface area contributed by atoms with E-state index in [9.17, 15) is 27.2 Å². The van der Waals surface area contributed by atoms with Crippen molar-refractivity contribution < 1.29 is 27.2 Å². The van der Waals surface area contributed by atoms with Gasteiger partial charge in [0.05, 0.1) is 23.8 Å². The molecule has 1 atom stereocenters. The molecule has 0 unspecified atom stereocenters. The summed E-state index contributed by atoms with van der Waals surface area (Å²) in [6, 6.07) is 10.3. The second-order valence-corrected chi connectivity index (χ2v) is 9.55. The minimum Gasteiger partial charge on any atom is -0.361 e. The zero-order chi connectivity index (χ0) is 30.4. The highest BCUT2D eigenvalue weighted by Crippen LogP contribution is 2.29. The lowest BCUT2D eigenvalue weighted by molar-refractivity contribution is -0.121. The quantitative estimate of drug-likeness (QED) is 0.112. The van der Waals surface area contributed by atoms with Gasteiger partial charge in [-0.1, -0.05) is 18.7 Å². The van der Waals surface area contributed by atoms with Gasteiger partial charge in [0, 0.05) is 41.9 Å². The van der Waals surface area contributed by atoms with Gasteiger partial charge in [0.25, 0.3) is 0 Å². The number of benzene rings is 3. The lowest BCUT2D eigenvalue weighted by Crippen LogP contribution is -2.39. The van der Waals surface area contributed by atoms with E-state index in [1.54, 1.807) is 19.2 Å². The van der Waals surface area contributed by atoms with E-state index in [1.165, 1.54) is 49.5 Å². The molecular formula is C32H28F4N4O2. The molecule has 0 bridgehead atoms. The van der Waals surface area contributed by atoms with Gasteiger partial charge in [0.1, 0.15) is 23.3 Å². The monoisotopic (exact) mass is 576 g/mol. The van der Waals surface area contributed by atoms with Crippen LogP contribution in [0.3, 0.4) is 0 Å². The summed E-state index contributed by atoms with van der Waals surface area (Å²) in [5.74, 6) is -3.63. The van der Waals surface area contributed by atoms with E-state index < -0.39 is 41.1 Å². The number of hydrogen-bond acceptors (Lipinski definition) is 3. The lowest BCUT2D eigenvalue weighted by atomic mass is 9.95. The highest BCUT2D eigenvalue weighted by atomic mass is 19.1. The molecule has 0 radical (unpaired) electrons. The number of fused-ring (bicyclic) bond motifs is 1. The minimum absolute atomic E-state index is 0.0628. The van der Waals surface area contributed by atoms with E-state index in [2.05, 4.69) is 27.2 Å². The van der Waals surface area contributed by atoms with Crippen LogP contribution in [0.4, 0.5) is 23.2 Å². The lowest BCUT2D eigenvalue weighted by Gasteiger charge is -2.23. The Hall–Kier alpha value is -4.99. The fourth-order valence-electron chi connectivity index (χ4n) is 4.73. The van der Waals surface area contributed by atoms with Crippen LogP contribution in [0, 0.1) is 23.3 Å². The molecule has 4 rings (SSSR count). The van der Waals surface area contributed by atoms with Gasteiger partial charge in [-0.15, -0.1) is 0 Å². The number of hydrogen-bond donors (Lipinski definition) is 3. The number of nitrogens with zero attached hydrogens (tertiary/aromatic N) is 1. The SMILES string of the molecule is C=C/C(=C(\N=C/C)[C@H](Cc1cc(F)cc(F)c1)NC(=O)Cc1c[nH]c2ccc(F)cc12)c1ccc(F)c(NC(C)=O)c1. The van der Waals surface area contributed by atoms with Crippen molar-refractivity contribution in [2.45, 2.75) is 32.7 Å². The Morgan fingerprint density at radius 2 is 1.74 bits per heavy atom. The van der Waals surface area contributed by atoms with Crippen LogP contribution >= 0.6 is 0 Å². The number of anilines is 1. The van der Waals surface area contributed by atoms with Crippen LogP contribution in [-0.2, 0) is 22.4 Å². The largest absolute Gasteiger partial charge is 0.361 e. The molecule has 0 spiro atoms. The van der Waals surface area contributed by atoms with Gasteiger partial charge >= 0.3 is 0 Å². The fraction of sp³-hybridized carbons (Fsp3) is 0.156. The molecule has 3 aromatic carbocycles. The Kier molecular flexibility index (Phi) is 9.36. The molecule has 216 valence electrons. The Morgan fingerprint density at radius 3 is 2.40 bits per heavy atom. The van der Waals surface area contributed by atoms with Crippen LogP contribution in [-0.4, -0.2) is 29.1 Å². The summed E-state index contributed by atoms with van der Waals surface area (Å²) < 4.78 is 56.5. The van der Waals surface area contributed by atoms with Crippen molar-refractivity contribution in [1.29, 1.82) is 0 Å². The van der Waals surface area contributed by atoms with E-state index in [0.717, 1.165) is 18.2 Å². The number of halogens is 4. The van der Waals surface area contributed by atoms with Gasteiger partial charge in [-0.05, 0) is 72.5 Å². The zero-order valence-electron chi connectivity index (χ0n) is 22.9. The zero-order valence-corrected chi connectivity index (χ0v) is 22.9. The van der Waals surface area contributed by atoms with Crippen LogP contribution in [0.1, 0.15) is 30.5 Å². The van der Waals surface area contributed by atoms with E-state index in [-0.39, 0.29) is 29.8 Å². The Balaban J connectivity index is 1.78. The van der Waals surface area contributed by atoms with Crippen LogP contribution < -0.4 is 10.6 Å². The Bertz CT molecular complexity index is 1700. The second kappa shape index (κ2) is 13.1. The van der Waals surface area contributed by atoms with Gasteiger partial charge in [-0.2, -0.15) is 0 Å². The summed E-state index contributed by atoms with van der Waals surface area (Å²) in [6.07, 6.45) is 4.35. The van der Waals surface area contributed by atoms with Crippen LogP contribution in [0.15, 0.2) is 84.1 Å². The van der Waals surface area contributed by atoms with Crippen LogP contribution in [0.2, 0.25) is 0 Å². The average molecular weight is 577 g/mol. The van der Waals surface area contributed by atoms with E-state index in [0.29, 0.717) is 27.6 Å². The average Bonchev–Trinajstić information content (AvgIpc) is 3.30. The van der Waals surface area contributed by atoms with Gasteiger partial charge < -0.3 is 15.6 Å². The standard InChI is InChI=1S/C32H28F4N4O2/c1-4-25(20-6-8-27(36)29(13-20)39-18(3)41)32(37-5-2)30(12-19-10-23(34)15-24(35)11-19)40-31(42)14-21-17-38-28-9-7-22(33)16-26(21)28/h4-11,13,15-17,30,38H,1,12,14H2,2-3H3,(H,39,41)(H,40,42)/b32-25+,37-5-/t30-/m0/s1. The second-order valence-electron chi connectivity index (χ2n) is 9.55. The number of aromatic nitrogens is 1. The van der Waals surface area contributed by atoms with Crippen molar-refractivity contribution in [3.05, 3.63) is 119 Å². The number of nitrogens with one attached hydrogen (secondary N) is 3. The summed E-state index contributed by atoms with van der Waals surface area (Å²) in [5, 5.41) is 5.86. The first kappa shape index (κ1) is 30.0. The van der Waals surface area contributed by atoms with Gasteiger partial charge in [-0.25, -0.2) is 17.6 Å². The summed E-state index contributed by atoms with van der Waals surface area (Å²) >= 11 is 0. The van der Waals surface area contributed by atoms with E-state index in [4.69, 9.17) is 0 Å². The predicted molar refractivity (Wildman–Crippen MR) is 156 cm³/mol. The number of aromatic amines is 1. The first-order valence-electron chi connectivity index (χ1n) is 13.0. The van der Waals surface area contributed by atoms with Gasteiger partial charge in [-0.3, -0.25) is 14.6 Å². The molecule has 0 fully saturated rings. The minimum atomic E-state index is -0.931. The van der Waals surface area contributed by atoms with Crippen LogP contribution in [0.5, 0.6) is 0 Å². The molecule has 6 nitrogen and oxygen atoms in total. The normalized spacial score (nSPS) is 12.7. The third-order valence-corrected chi connectivity index (χ3v) is 6.44. The molecule has 1 aromatic heterocycles. The molecule has 0 saturated carbocycles. The molecule has 3 N–H and O–H groups in total.